The fraction of sp³-hybridized carbons (Fsp3) is 0.176. The van der Waals surface area contributed by atoms with E-state index >= 15 is 0 Å². The van der Waals surface area contributed by atoms with E-state index in [0.29, 0.717) is 16.8 Å². The number of hydrogen-bond donors (Lipinski definition) is 1. The van der Waals surface area contributed by atoms with Crippen LogP contribution < -0.4 is 10.9 Å². The number of Topliss-reactive ketones (excluding diaryl/α,β-unsaturated/α-hetero) is 1. The van der Waals surface area contributed by atoms with E-state index in [0.717, 1.165) is 0 Å². The van der Waals surface area contributed by atoms with Crippen molar-refractivity contribution in [3.05, 3.63) is 63.6 Å². The maximum absolute atomic E-state index is 12.1. The quantitative estimate of drug-likeness (QED) is 0.873. The minimum atomic E-state index is -0.500. The van der Waals surface area contributed by atoms with Gasteiger partial charge in [-0.2, -0.15) is 5.26 Å². The number of carbonyl (C=O) groups excluding carboxylic acids is 2. The van der Waals surface area contributed by atoms with Crippen molar-refractivity contribution in [1.29, 1.82) is 5.26 Å². The molecule has 0 atom stereocenters. The summed E-state index contributed by atoms with van der Waals surface area (Å²) in [6.07, 6.45) is 1.48. The Labute approximate surface area is 133 Å². The van der Waals surface area contributed by atoms with Crippen LogP contribution in [0.1, 0.15) is 28.4 Å². The van der Waals surface area contributed by atoms with E-state index in [1.165, 1.54) is 17.7 Å². The fourth-order valence-corrected chi connectivity index (χ4v) is 2.10. The normalized spacial score (nSPS) is 9.96. The van der Waals surface area contributed by atoms with Crippen molar-refractivity contribution in [2.45, 2.75) is 20.4 Å². The van der Waals surface area contributed by atoms with Crippen molar-refractivity contribution >= 4 is 17.4 Å². The van der Waals surface area contributed by atoms with E-state index in [1.54, 1.807) is 37.3 Å². The number of anilines is 1. The Morgan fingerprint density at radius 3 is 2.70 bits per heavy atom. The first kappa shape index (κ1) is 16.2. The van der Waals surface area contributed by atoms with Gasteiger partial charge in [0.25, 0.3) is 5.56 Å². The van der Waals surface area contributed by atoms with Crippen LogP contribution in [0, 0.1) is 18.3 Å². The number of nitriles is 1. The summed E-state index contributed by atoms with van der Waals surface area (Å²) in [6.45, 7) is 2.89. The lowest BCUT2D eigenvalue weighted by atomic mass is 10.1. The number of pyridine rings is 1. The summed E-state index contributed by atoms with van der Waals surface area (Å²) in [7, 11) is 0. The molecule has 0 unspecified atom stereocenters. The number of nitrogens with one attached hydrogen (secondary N) is 1. The molecule has 6 nitrogen and oxygen atoms in total. The minimum absolute atomic E-state index is 0.0267. The molecule has 0 saturated heterocycles. The summed E-state index contributed by atoms with van der Waals surface area (Å²) in [5, 5.41) is 11.6. The summed E-state index contributed by atoms with van der Waals surface area (Å²) in [5.41, 5.74) is 1.06. The van der Waals surface area contributed by atoms with Crippen molar-refractivity contribution in [2.75, 3.05) is 5.32 Å². The van der Waals surface area contributed by atoms with Gasteiger partial charge in [-0.15, -0.1) is 0 Å². The lowest BCUT2D eigenvalue weighted by Crippen LogP contribution is -2.29. The van der Waals surface area contributed by atoms with Gasteiger partial charge in [-0.25, -0.2) is 0 Å². The first-order chi connectivity index (χ1) is 10.9. The van der Waals surface area contributed by atoms with E-state index in [4.69, 9.17) is 5.26 Å². The van der Waals surface area contributed by atoms with Crippen molar-refractivity contribution in [3.8, 4) is 6.07 Å². The molecule has 1 N–H and O–H groups in total. The second kappa shape index (κ2) is 6.71. The summed E-state index contributed by atoms with van der Waals surface area (Å²) in [5.74, 6) is -0.518. The molecule has 1 heterocycles. The van der Waals surface area contributed by atoms with Crippen molar-refractivity contribution in [2.24, 2.45) is 0 Å². The highest BCUT2D eigenvalue weighted by atomic mass is 16.2. The van der Waals surface area contributed by atoms with Crippen LogP contribution in [0.25, 0.3) is 0 Å². The van der Waals surface area contributed by atoms with Crippen LogP contribution >= 0.6 is 0 Å². The Morgan fingerprint density at radius 1 is 1.30 bits per heavy atom. The highest BCUT2D eigenvalue weighted by Gasteiger charge is 2.10. The van der Waals surface area contributed by atoms with Crippen LogP contribution in [-0.2, 0) is 11.3 Å². The Kier molecular flexibility index (Phi) is 4.72. The highest BCUT2D eigenvalue weighted by molar-refractivity contribution is 5.97. The first-order valence-corrected chi connectivity index (χ1v) is 6.93. The molecule has 2 aromatic rings. The first-order valence-electron chi connectivity index (χ1n) is 6.93. The molecule has 2 rings (SSSR count). The number of benzene rings is 1. The smallest absolute Gasteiger partial charge is 0.269 e. The van der Waals surface area contributed by atoms with Gasteiger partial charge in [-0.05, 0) is 37.6 Å². The molecule has 0 saturated carbocycles. The predicted octanol–water partition coefficient (Wildman–Crippen LogP) is 1.87. The largest absolute Gasteiger partial charge is 0.325 e. The molecule has 0 radical (unpaired) electrons. The van der Waals surface area contributed by atoms with E-state index < -0.39 is 11.5 Å². The van der Waals surface area contributed by atoms with Gasteiger partial charge >= 0.3 is 0 Å². The minimum Gasteiger partial charge on any atom is -0.325 e. The lowest BCUT2D eigenvalue weighted by molar-refractivity contribution is -0.116. The molecule has 1 aromatic heterocycles. The van der Waals surface area contributed by atoms with E-state index in [-0.39, 0.29) is 17.9 Å². The molecule has 0 spiro atoms. The van der Waals surface area contributed by atoms with Gasteiger partial charge in [0.1, 0.15) is 18.2 Å². The Hall–Kier alpha value is -3.20. The van der Waals surface area contributed by atoms with Crippen LogP contribution in [0.15, 0.2) is 41.3 Å². The number of rotatable bonds is 4. The van der Waals surface area contributed by atoms with Gasteiger partial charge in [0.2, 0.25) is 5.91 Å². The lowest BCUT2D eigenvalue weighted by Gasteiger charge is -2.09. The van der Waals surface area contributed by atoms with Crippen LogP contribution in [0.3, 0.4) is 0 Å². The maximum Gasteiger partial charge on any atom is 0.269 e. The third-order valence-electron chi connectivity index (χ3n) is 3.35. The van der Waals surface area contributed by atoms with Gasteiger partial charge < -0.3 is 9.88 Å². The van der Waals surface area contributed by atoms with Gasteiger partial charge in [-0.1, -0.05) is 12.1 Å². The molecule has 0 aliphatic carbocycles. The Balaban J connectivity index is 2.18. The average molecular weight is 309 g/mol. The number of hydrogen-bond acceptors (Lipinski definition) is 4. The van der Waals surface area contributed by atoms with Gasteiger partial charge in [0.15, 0.2) is 5.78 Å². The molecule has 1 amide bonds. The standard InChI is InChI=1S/C17H15N3O3/c1-11-6-7-20(17(23)15(11)9-18)10-16(22)19-14-5-3-4-13(8-14)12(2)21/h3-8H,10H2,1-2H3,(H,19,22). The van der Waals surface area contributed by atoms with Crippen LogP contribution in [0.4, 0.5) is 5.69 Å². The van der Waals surface area contributed by atoms with Crippen LogP contribution in [-0.4, -0.2) is 16.3 Å². The fourth-order valence-electron chi connectivity index (χ4n) is 2.10. The van der Waals surface area contributed by atoms with Gasteiger partial charge in [0, 0.05) is 17.4 Å². The highest BCUT2D eigenvalue weighted by Crippen LogP contribution is 2.11. The molecule has 0 aliphatic heterocycles. The molecular formula is C17H15N3O3. The molecule has 0 fully saturated rings. The average Bonchev–Trinajstić information content (AvgIpc) is 2.51. The summed E-state index contributed by atoms with van der Waals surface area (Å²) < 4.78 is 1.18. The monoisotopic (exact) mass is 309 g/mol. The van der Waals surface area contributed by atoms with Gasteiger partial charge in [0.05, 0.1) is 0 Å². The third kappa shape index (κ3) is 3.71. The van der Waals surface area contributed by atoms with Crippen molar-refractivity contribution < 1.29 is 9.59 Å². The topological polar surface area (TPSA) is 92.0 Å². The summed E-state index contributed by atoms with van der Waals surface area (Å²) >= 11 is 0. The number of aromatic nitrogens is 1. The van der Waals surface area contributed by atoms with E-state index in [1.807, 2.05) is 6.07 Å². The second-order valence-electron chi connectivity index (χ2n) is 5.10. The zero-order valence-electron chi connectivity index (χ0n) is 12.8. The van der Waals surface area contributed by atoms with Crippen molar-refractivity contribution in [1.82, 2.24) is 4.57 Å². The predicted molar refractivity (Wildman–Crippen MR) is 85.2 cm³/mol. The van der Waals surface area contributed by atoms with E-state index in [9.17, 15) is 14.4 Å². The zero-order chi connectivity index (χ0) is 17.0. The number of aryl methyl sites for hydroxylation is 1. The molecule has 0 bridgehead atoms. The number of carbonyl (C=O) groups is 2. The van der Waals surface area contributed by atoms with Crippen LogP contribution in [0.2, 0.25) is 0 Å². The van der Waals surface area contributed by atoms with E-state index in [2.05, 4.69) is 5.32 Å². The van der Waals surface area contributed by atoms with Crippen LogP contribution in [0.5, 0.6) is 0 Å². The van der Waals surface area contributed by atoms with Gasteiger partial charge in [-0.3, -0.25) is 14.4 Å². The number of nitrogens with zero attached hydrogens (tertiary/aromatic N) is 2. The number of ketones is 1. The SMILES string of the molecule is CC(=O)c1cccc(NC(=O)Cn2ccc(C)c(C#N)c2=O)c1. The summed E-state index contributed by atoms with van der Waals surface area (Å²) in [4.78, 5) is 35.5. The molecule has 116 valence electrons. The second-order valence-corrected chi connectivity index (χ2v) is 5.10. The Bertz CT molecular complexity index is 875. The molecule has 1 aromatic carbocycles. The number of amides is 1. The Morgan fingerprint density at radius 2 is 2.04 bits per heavy atom. The maximum atomic E-state index is 12.1. The van der Waals surface area contributed by atoms with Crippen molar-refractivity contribution in [3.63, 3.8) is 0 Å². The molecule has 0 aliphatic rings. The molecular weight excluding hydrogens is 294 g/mol. The third-order valence-corrected chi connectivity index (χ3v) is 3.35. The summed E-state index contributed by atoms with van der Waals surface area (Å²) in [6, 6.07) is 10.0. The zero-order valence-corrected chi connectivity index (χ0v) is 12.8. The molecule has 6 heteroatoms. The molecule has 23 heavy (non-hydrogen) atoms.